The van der Waals surface area contributed by atoms with Crippen molar-refractivity contribution in [2.24, 2.45) is 0 Å². The lowest BCUT2D eigenvalue weighted by atomic mass is 10.1. The van der Waals surface area contributed by atoms with Crippen LogP contribution in [0.1, 0.15) is 23.7 Å². The lowest BCUT2D eigenvalue weighted by Crippen LogP contribution is -2.59. The van der Waals surface area contributed by atoms with E-state index in [2.05, 4.69) is 5.32 Å². The molecule has 0 bridgehead atoms. The smallest absolute Gasteiger partial charge is 0.258 e. The molecule has 3 amide bonds. The zero-order valence-corrected chi connectivity index (χ0v) is 11.9. The maximum Gasteiger partial charge on any atom is 0.258 e. The molecule has 1 heterocycles. The number of nitrogens with zero attached hydrogens (tertiary/aromatic N) is 1. The zero-order valence-electron chi connectivity index (χ0n) is 11.9. The lowest BCUT2D eigenvalue weighted by molar-refractivity contribution is -0.138. The van der Waals surface area contributed by atoms with Crippen LogP contribution < -0.4 is 15.8 Å². The quantitative estimate of drug-likeness (QED) is 0.610. The SMILES string of the molecule is CCC1C(=O)NC(=O)CN1C(=O)c1ccc(N)cc1OC. The van der Waals surface area contributed by atoms with Gasteiger partial charge < -0.3 is 15.4 Å². The number of imide groups is 1. The van der Waals surface area contributed by atoms with Crippen molar-refractivity contribution in [3.8, 4) is 5.75 Å². The summed E-state index contributed by atoms with van der Waals surface area (Å²) in [7, 11) is 1.43. The number of methoxy groups -OCH3 is 1. The maximum absolute atomic E-state index is 12.6. The lowest BCUT2D eigenvalue weighted by Gasteiger charge is -2.33. The van der Waals surface area contributed by atoms with Gasteiger partial charge in [-0.05, 0) is 18.6 Å². The summed E-state index contributed by atoms with van der Waals surface area (Å²) in [5.74, 6) is -1.07. The molecule has 21 heavy (non-hydrogen) atoms. The van der Waals surface area contributed by atoms with Crippen LogP contribution in [0.15, 0.2) is 18.2 Å². The van der Waals surface area contributed by atoms with E-state index in [1.807, 2.05) is 0 Å². The monoisotopic (exact) mass is 291 g/mol. The van der Waals surface area contributed by atoms with Gasteiger partial charge in [0.2, 0.25) is 11.8 Å². The number of hydrogen-bond donors (Lipinski definition) is 2. The fraction of sp³-hybridized carbons (Fsp3) is 0.357. The van der Waals surface area contributed by atoms with Gasteiger partial charge in [-0.3, -0.25) is 19.7 Å². The van der Waals surface area contributed by atoms with Crippen molar-refractivity contribution in [3.05, 3.63) is 23.8 Å². The van der Waals surface area contributed by atoms with Crippen LogP contribution in [0.4, 0.5) is 5.69 Å². The summed E-state index contributed by atoms with van der Waals surface area (Å²) in [6.07, 6.45) is 0.419. The number of carbonyl (C=O) groups excluding carboxylic acids is 3. The molecule has 0 aromatic heterocycles. The Morgan fingerprint density at radius 1 is 1.48 bits per heavy atom. The molecule has 0 spiro atoms. The molecule has 0 radical (unpaired) electrons. The summed E-state index contributed by atoms with van der Waals surface area (Å²) in [6.45, 7) is 1.62. The van der Waals surface area contributed by atoms with Crippen molar-refractivity contribution in [1.82, 2.24) is 10.2 Å². The Labute approximate surface area is 122 Å². The fourth-order valence-electron chi connectivity index (χ4n) is 2.33. The normalized spacial score (nSPS) is 18.4. The molecule has 0 saturated carbocycles. The Morgan fingerprint density at radius 2 is 2.19 bits per heavy atom. The Kier molecular flexibility index (Phi) is 4.11. The first-order valence-electron chi connectivity index (χ1n) is 6.56. The number of nitrogens with one attached hydrogen (secondary N) is 1. The van der Waals surface area contributed by atoms with E-state index in [4.69, 9.17) is 10.5 Å². The van der Waals surface area contributed by atoms with Gasteiger partial charge in [-0.1, -0.05) is 6.92 Å². The minimum Gasteiger partial charge on any atom is -0.496 e. The zero-order chi connectivity index (χ0) is 15.6. The number of piperazine rings is 1. The summed E-state index contributed by atoms with van der Waals surface area (Å²) in [5.41, 5.74) is 6.39. The minimum absolute atomic E-state index is 0.156. The van der Waals surface area contributed by atoms with Gasteiger partial charge in [-0.2, -0.15) is 0 Å². The molecule has 1 aromatic rings. The maximum atomic E-state index is 12.6. The summed E-state index contributed by atoms with van der Waals surface area (Å²) >= 11 is 0. The number of rotatable bonds is 3. The molecule has 1 unspecified atom stereocenters. The second-order valence-electron chi connectivity index (χ2n) is 4.73. The van der Waals surface area contributed by atoms with Crippen molar-refractivity contribution >= 4 is 23.4 Å². The molecule has 1 atom stereocenters. The molecule has 0 aliphatic carbocycles. The number of carbonyl (C=O) groups is 3. The van der Waals surface area contributed by atoms with Crippen molar-refractivity contribution in [3.63, 3.8) is 0 Å². The van der Waals surface area contributed by atoms with Crippen molar-refractivity contribution in [1.29, 1.82) is 0 Å². The molecule has 2 rings (SSSR count). The highest BCUT2D eigenvalue weighted by atomic mass is 16.5. The highest BCUT2D eigenvalue weighted by Crippen LogP contribution is 2.24. The predicted molar refractivity (Wildman–Crippen MR) is 75.7 cm³/mol. The first-order valence-corrected chi connectivity index (χ1v) is 6.56. The fourth-order valence-corrected chi connectivity index (χ4v) is 2.33. The summed E-state index contributed by atoms with van der Waals surface area (Å²) in [4.78, 5) is 37.2. The Bertz CT molecular complexity index is 600. The predicted octanol–water partition coefficient (Wildman–Crippen LogP) is 0.155. The molecule has 3 N–H and O–H groups in total. The average molecular weight is 291 g/mol. The number of anilines is 1. The van der Waals surface area contributed by atoms with Gasteiger partial charge in [0.15, 0.2) is 0 Å². The van der Waals surface area contributed by atoms with Crippen molar-refractivity contribution < 1.29 is 19.1 Å². The number of amides is 3. The van der Waals surface area contributed by atoms with E-state index < -0.39 is 23.8 Å². The third-order valence-corrected chi connectivity index (χ3v) is 3.36. The first kappa shape index (κ1) is 14.8. The number of ether oxygens (including phenoxy) is 1. The highest BCUT2D eigenvalue weighted by molar-refractivity contribution is 6.08. The first-order chi connectivity index (χ1) is 9.97. The summed E-state index contributed by atoms with van der Waals surface area (Å²) < 4.78 is 5.15. The van der Waals surface area contributed by atoms with Crippen LogP contribution in [-0.2, 0) is 9.59 Å². The van der Waals surface area contributed by atoms with Crippen LogP contribution in [0.2, 0.25) is 0 Å². The van der Waals surface area contributed by atoms with Crippen LogP contribution in [-0.4, -0.2) is 42.3 Å². The molecule has 1 aliphatic rings. The molecule has 1 aromatic carbocycles. The van der Waals surface area contributed by atoms with E-state index in [0.717, 1.165) is 0 Å². The van der Waals surface area contributed by atoms with Crippen LogP contribution in [0.5, 0.6) is 5.75 Å². The van der Waals surface area contributed by atoms with Crippen LogP contribution in [0, 0.1) is 0 Å². The van der Waals surface area contributed by atoms with Crippen molar-refractivity contribution in [2.45, 2.75) is 19.4 Å². The molecular weight excluding hydrogens is 274 g/mol. The molecule has 7 nitrogen and oxygen atoms in total. The van der Waals surface area contributed by atoms with E-state index >= 15 is 0 Å². The van der Waals surface area contributed by atoms with Gasteiger partial charge in [0.05, 0.1) is 12.7 Å². The van der Waals surface area contributed by atoms with Crippen LogP contribution in [0.25, 0.3) is 0 Å². The van der Waals surface area contributed by atoms with Gasteiger partial charge in [-0.15, -0.1) is 0 Å². The Balaban J connectivity index is 2.37. The molecule has 1 fully saturated rings. The second kappa shape index (κ2) is 5.82. The topological polar surface area (TPSA) is 102 Å². The standard InChI is InChI=1S/C14H17N3O4/c1-3-10-13(19)16-12(18)7-17(10)14(20)9-5-4-8(15)6-11(9)21-2/h4-6,10H,3,7,15H2,1-2H3,(H,16,18,19). The van der Waals surface area contributed by atoms with Gasteiger partial charge in [-0.25, -0.2) is 0 Å². The molecule has 1 aliphatic heterocycles. The Hall–Kier alpha value is -2.57. The van der Waals surface area contributed by atoms with Gasteiger partial charge in [0.25, 0.3) is 5.91 Å². The Morgan fingerprint density at radius 3 is 2.81 bits per heavy atom. The van der Waals surface area contributed by atoms with E-state index in [-0.39, 0.29) is 12.1 Å². The van der Waals surface area contributed by atoms with E-state index in [0.29, 0.717) is 17.9 Å². The molecule has 1 saturated heterocycles. The van der Waals surface area contributed by atoms with Crippen LogP contribution in [0.3, 0.4) is 0 Å². The van der Waals surface area contributed by atoms with Gasteiger partial charge >= 0.3 is 0 Å². The average Bonchev–Trinajstić information content (AvgIpc) is 2.45. The van der Waals surface area contributed by atoms with Gasteiger partial charge in [0, 0.05) is 11.8 Å². The second-order valence-corrected chi connectivity index (χ2v) is 4.73. The molecular formula is C14H17N3O4. The van der Waals surface area contributed by atoms with Crippen molar-refractivity contribution in [2.75, 3.05) is 19.4 Å². The third kappa shape index (κ3) is 2.81. The third-order valence-electron chi connectivity index (χ3n) is 3.36. The van der Waals surface area contributed by atoms with Gasteiger partial charge in [0.1, 0.15) is 18.3 Å². The van der Waals surface area contributed by atoms with E-state index in [1.54, 1.807) is 13.0 Å². The highest BCUT2D eigenvalue weighted by Gasteiger charge is 2.36. The number of nitrogens with two attached hydrogens (primary N) is 1. The summed E-state index contributed by atoms with van der Waals surface area (Å²) in [5, 5.41) is 2.23. The largest absolute Gasteiger partial charge is 0.496 e. The minimum atomic E-state index is -0.669. The number of hydrogen-bond acceptors (Lipinski definition) is 5. The van der Waals surface area contributed by atoms with E-state index in [1.165, 1.54) is 24.1 Å². The number of nitrogen functional groups attached to an aromatic ring is 1. The molecule has 112 valence electrons. The van der Waals surface area contributed by atoms with E-state index in [9.17, 15) is 14.4 Å². The summed E-state index contributed by atoms with van der Waals surface area (Å²) in [6, 6.07) is 3.96. The molecule has 7 heteroatoms. The van der Waals surface area contributed by atoms with Crippen LogP contribution >= 0.6 is 0 Å². The number of benzene rings is 1.